The minimum Gasteiger partial charge on any atom is -0.458 e. The van der Waals surface area contributed by atoms with Gasteiger partial charge in [-0.15, -0.1) is 11.3 Å². The van der Waals surface area contributed by atoms with Gasteiger partial charge in [0.1, 0.15) is 16.9 Å². The molecule has 0 aromatic carbocycles. The summed E-state index contributed by atoms with van der Waals surface area (Å²) in [7, 11) is 0. The van der Waals surface area contributed by atoms with Crippen molar-refractivity contribution in [2.75, 3.05) is 0 Å². The number of esters is 1. The van der Waals surface area contributed by atoms with Gasteiger partial charge in [-0.2, -0.15) is 0 Å². The smallest absolute Gasteiger partial charge is 0.309 e. The van der Waals surface area contributed by atoms with Crippen LogP contribution in [-0.4, -0.2) is 50.9 Å². The summed E-state index contributed by atoms with van der Waals surface area (Å²) in [4.78, 5) is 30.5. The van der Waals surface area contributed by atoms with Gasteiger partial charge in [-0.25, -0.2) is 4.98 Å². The molecule has 6 atom stereocenters. The van der Waals surface area contributed by atoms with Gasteiger partial charge in [0.05, 0.1) is 41.9 Å². The van der Waals surface area contributed by atoms with Crippen LogP contribution in [0, 0.1) is 17.3 Å². The Morgan fingerprint density at radius 1 is 1.22 bits per heavy atom. The number of cyclic esters (lactones) is 1. The fourth-order valence-corrected chi connectivity index (χ4v) is 5.78. The highest BCUT2D eigenvalue weighted by Gasteiger charge is 2.52. The summed E-state index contributed by atoms with van der Waals surface area (Å²) in [6.07, 6.45) is 4.15. The van der Waals surface area contributed by atoms with Crippen LogP contribution in [0.5, 0.6) is 0 Å². The first kappa shape index (κ1) is 31.6. The molecule has 2 aliphatic heterocycles. The first-order valence-corrected chi connectivity index (χ1v) is 14.6. The number of hydrogen-bond donors (Lipinski definition) is 2. The van der Waals surface area contributed by atoms with Gasteiger partial charge < -0.3 is 19.7 Å². The number of carbonyl (C=O) groups excluding carboxylic acids is 2. The van der Waals surface area contributed by atoms with Gasteiger partial charge in [0.2, 0.25) is 0 Å². The Morgan fingerprint density at radius 3 is 2.51 bits per heavy atom. The third-order valence-electron chi connectivity index (χ3n) is 7.73. The molecule has 3 rings (SSSR count). The van der Waals surface area contributed by atoms with Gasteiger partial charge in [0, 0.05) is 17.7 Å². The Hall–Kier alpha value is -1.61. The van der Waals surface area contributed by atoms with Crippen molar-refractivity contribution >= 4 is 29.2 Å². The minimum atomic E-state index is -1.13. The van der Waals surface area contributed by atoms with Crippen molar-refractivity contribution in [2.24, 2.45) is 17.3 Å². The third kappa shape index (κ3) is 8.44. The SMILES string of the molecule is C/C(=C\c1csc(CO)n1)[C@@H]1C[C@@H]2O[C@]2(C)CCCC(C)CC(C)C(=O)C(C)(C)C(O)CC(=O)O1.CC. The fourth-order valence-electron chi connectivity index (χ4n) is 5.17. The minimum absolute atomic E-state index is 0.0165. The maximum Gasteiger partial charge on any atom is 0.309 e. The molecule has 0 saturated carbocycles. The number of rotatable bonds is 3. The van der Waals surface area contributed by atoms with E-state index in [2.05, 4.69) is 18.8 Å². The number of fused-ring (bicyclic) bond motifs is 1. The van der Waals surface area contributed by atoms with E-state index in [4.69, 9.17) is 9.47 Å². The summed E-state index contributed by atoms with van der Waals surface area (Å²) in [5.41, 5.74) is 0.234. The molecule has 2 fully saturated rings. The predicted molar refractivity (Wildman–Crippen MR) is 147 cm³/mol. The average molecular weight is 538 g/mol. The summed E-state index contributed by atoms with van der Waals surface area (Å²) in [6, 6.07) is 0. The number of aliphatic hydroxyl groups is 2. The summed E-state index contributed by atoms with van der Waals surface area (Å²) in [6.45, 7) is 15.4. The maximum atomic E-state index is 13.2. The monoisotopic (exact) mass is 537 g/mol. The van der Waals surface area contributed by atoms with E-state index in [0.29, 0.717) is 23.0 Å². The molecule has 8 heteroatoms. The zero-order valence-corrected chi connectivity index (χ0v) is 24.7. The van der Waals surface area contributed by atoms with Crippen molar-refractivity contribution in [3.63, 3.8) is 0 Å². The number of hydrogen-bond acceptors (Lipinski definition) is 8. The van der Waals surface area contributed by atoms with Crippen LogP contribution in [0.2, 0.25) is 0 Å². The van der Waals surface area contributed by atoms with Crippen LogP contribution in [0.1, 0.15) is 105 Å². The van der Waals surface area contributed by atoms with E-state index in [1.165, 1.54) is 11.3 Å². The van der Waals surface area contributed by atoms with Gasteiger partial charge in [-0.1, -0.05) is 54.4 Å². The quantitative estimate of drug-likeness (QED) is 0.375. The number of nitrogens with zero attached hydrogens (tertiary/aromatic N) is 1. The van der Waals surface area contributed by atoms with E-state index >= 15 is 0 Å². The van der Waals surface area contributed by atoms with Crippen molar-refractivity contribution in [2.45, 2.75) is 124 Å². The number of carbonyl (C=O) groups is 2. The second-order valence-electron chi connectivity index (χ2n) is 11.3. The van der Waals surface area contributed by atoms with Crippen LogP contribution in [0.3, 0.4) is 0 Å². The molecule has 2 saturated heterocycles. The first-order chi connectivity index (χ1) is 17.4. The van der Waals surface area contributed by atoms with E-state index < -0.39 is 23.6 Å². The molecule has 37 heavy (non-hydrogen) atoms. The van der Waals surface area contributed by atoms with Crippen LogP contribution in [0.15, 0.2) is 11.0 Å². The number of aliphatic hydroxyl groups excluding tert-OH is 2. The van der Waals surface area contributed by atoms with Crippen molar-refractivity contribution in [1.82, 2.24) is 4.98 Å². The van der Waals surface area contributed by atoms with Crippen LogP contribution in [0.4, 0.5) is 0 Å². The zero-order chi connectivity index (χ0) is 28.0. The average Bonchev–Trinajstić information content (AvgIpc) is 3.25. The van der Waals surface area contributed by atoms with Crippen LogP contribution in [0.25, 0.3) is 6.08 Å². The highest BCUT2D eigenvalue weighted by molar-refractivity contribution is 7.09. The molecule has 1 aromatic heterocycles. The molecular weight excluding hydrogens is 490 g/mol. The molecule has 1 aromatic rings. The molecule has 0 spiro atoms. The number of ketones is 1. The van der Waals surface area contributed by atoms with Crippen molar-refractivity contribution in [3.05, 3.63) is 21.7 Å². The molecule has 2 N–H and O–H groups in total. The van der Waals surface area contributed by atoms with Crippen LogP contribution < -0.4 is 0 Å². The summed E-state index contributed by atoms with van der Waals surface area (Å²) < 4.78 is 11.9. The van der Waals surface area contributed by atoms with Gasteiger partial charge in [0.25, 0.3) is 0 Å². The van der Waals surface area contributed by atoms with Gasteiger partial charge in [-0.3, -0.25) is 9.59 Å². The van der Waals surface area contributed by atoms with Gasteiger partial charge in [0.15, 0.2) is 0 Å². The van der Waals surface area contributed by atoms with Crippen LogP contribution in [-0.2, 0) is 25.7 Å². The fraction of sp³-hybridized carbons (Fsp3) is 0.759. The predicted octanol–water partition coefficient (Wildman–Crippen LogP) is 5.72. The lowest BCUT2D eigenvalue weighted by atomic mass is 9.74. The first-order valence-electron chi connectivity index (χ1n) is 13.7. The Bertz CT molecular complexity index is 941. The van der Waals surface area contributed by atoms with Crippen LogP contribution >= 0.6 is 11.3 Å². The van der Waals surface area contributed by atoms with E-state index in [1.807, 2.05) is 39.2 Å². The lowest BCUT2D eigenvalue weighted by Gasteiger charge is -2.32. The molecule has 0 aliphatic carbocycles. The Kier molecular flexibility index (Phi) is 11.5. The summed E-state index contributed by atoms with van der Waals surface area (Å²) in [5.74, 6) is -0.370. The highest BCUT2D eigenvalue weighted by atomic mass is 32.1. The second kappa shape index (κ2) is 13.5. The van der Waals surface area contributed by atoms with E-state index in [9.17, 15) is 19.8 Å². The maximum absolute atomic E-state index is 13.2. The van der Waals surface area contributed by atoms with E-state index in [1.54, 1.807) is 13.8 Å². The lowest BCUT2D eigenvalue weighted by molar-refractivity contribution is -0.153. The Morgan fingerprint density at radius 2 is 1.89 bits per heavy atom. The van der Waals surface area contributed by atoms with E-state index in [0.717, 1.165) is 31.3 Å². The molecule has 2 aliphatic rings. The third-order valence-corrected chi connectivity index (χ3v) is 8.58. The molecule has 3 heterocycles. The molecule has 0 amide bonds. The largest absolute Gasteiger partial charge is 0.458 e. The van der Waals surface area contributed by atoms with E-state index in [-0.39, 0.29) is 36.4 Å². The van der Waals surface area contributed by atoms with Crippen molar-refractivity contribution in [3.8, 4) is 0 Å². The molecule has 3 unspecified atom stereocenters. The standard InChI is InChI=1S/C27H41NO6S.C2H6/c1-16-8-7-9-27(6)22(34-27)12-20(17(2)11-19-15-35-23(14-29)28-19)33-24(31)13-21(30)26(4,5)25(32)18(3)10-16;1-2/h11,15-16,18,20-22,29-30H,7-10,12-14H2,1-6H3;1-2H3/b17-11+;/t16?,18?,20-,21?,22-,27+;/m0./s1. The number of epoxide rings is 1. The topological polar surface area (TPSA) is 109 Å². The molecular formula is C29H47NO6S. The zero-order valence-electron chi connectivity index (χ0n) is 23.9. The summed E-state index contributed by atoms with van der Waals surface area (Å²) in [5, 5.41) is 22.6. The number of aromatic nitrogens is 1. The normalized spacial score (nSPS) is 33.6. The second-order valence-corrected chi connectivity index (χ2v) is 12.2. The molecule has 7 nitrogen and oxygen atoms in total. The lowest BCUT2D eigenvalue weighted by Crippen LogP contribution is -2.42. The van der Waals surface area contributed by atoms with Gasteiger partial charge >= 0.3 is 5.97 Å². The Balaban J connectivity index is 0.00000235. The highest BCUT2D eigenvalue weighted by Crippen LogP contribution is 2.45. The molecule has 0 bridgehead atoms. The number of ether oxygens (including phenoxy) is 2. The van der Waals surface area contributed by atoms with Crippen molar-refractivity contribution in [1.29, 1.82) is 0 Å². The molecule has 0 radical (unpaired) electrons. The number of thiazole rings is 1. The van der Waals surface area contributed by atoms with Gasteiger partial charge in [-0.05, 0) is 44.3 Å². The number of Topliss-reactive ketones (excluding diaryl/α,β-unsaturated/α-hetero) is 1. The Labute approximate surface area is 226 Å². The van der Waals surface area contributed by atoms with Crippen molar-refractivity contribution < 1.29 is 29.3 Å². The summed E-state index contributed by atoms with van der Waals surface area (Å²) >= 11 is 1.37. The molecule has 210 valence electrons.